The molecule has 0 fully saturated rings. The van der Waals surface area contributed by atoms with E-state index in [1.807, 2.05) is 0 Å². The molecule has 0 unspecified atom stereocenters. The minimum Gasteiger partial charge on any atom is -0.463 e. The Hall–Kier alpha value is -2.66. The molecule has 0 aromatic heterocycles. The Morgan fingerprint density at radius 2 is 0.905 bits per heavy atom. The molecule has 0 heterocycles. The van der Waals surface area contributed by atoms with Crippen LogP contribution in [0.2, 0.25) is 0 Å². The lowest BCUT2D eigenvalue weighted by Gasteiger charge is -2.11. The van der Waals surface area contributed by atoms with Crippen LogP contribution in [0.15, 0.2) is 72.9 Å². The van der Waals surface area contributed by atoms with Crippen molar-refractivity contribution in [3.63, 3.8) is 0 Å². The number of carbonyl (C=O) groups excluding carboxylic acids is 2. The van der Waals surface area contributed by atoms with Gasteiger partial charge in [0.15, 0.2) is 0 Å². The summed E-state index contributed by atoms with van der Waals surface area (Å²) in [5, 5.41) is 9.93. The number of aliphatic hydroxyl groups is 1. The lowest BCUT2D eigenvalue weighted by molar-refractivity contribution is -0.152. The molecule has 0 bridgehead atoms. The highest BCUT2D eigenvalue weighted by Crippen LogP contribution is 2.08. The van der Waals surface area contributed by atoms with E-state index >= 15 is 0 Å². The highest BCUT2D eigenvalue weighted by Gasteiger charge is 2.11. The van der Waals surface area contributed by atoms with Gasteiger partial charge in [0.05, 0.1) is 0 Å². The number of carbonyl (C=O) groups is 2. The van der Waals surface area contributed by atoms with Crippen LogP contribution >= 0.6 is 0 Å². The number of esters is 2. The third-order valence-electron chi connectivity index (χ3n) is 6.43. The average molecular weight is 585 g/mol. The van der Waals surface area contributed by atoms with Crippen LogP contribution in [0.5, 0.6) is 0 Å². The molecule has 0 saturated heterocycles. The zero-order valence-corrected chi connectivity index (χ0v) is 26.7. The summed E-state index contributed by atoms with van der Waals surface area (Å²) in [7, 11) is 0. The molecule has 238 valence electrons. The second-order valence-corrected chi connectivity index (χ2v) is 10.5. The number of ether oxygens (including phenoxy) is 2. The van der Waals surface area contributed by atoms with Gasteiger partial charge in [0.2, 0.25) is 0 Å². The van der Waals surface area contributed by atoms with Crippen molar-refractivity contribution in [1.29, 1.82) is 0 Å². The largest absolute Gasteiger partial charge is 0.463 e. The second kappa shape index (κ2) is 32.8. The Bertz CT molecular complexity index is 803. The number of unbranched alkanes of at least 4 members (excludes halogenated alkanes) is 8. The molecule has 0 aromatic carbocycles. The van der Waals surface area contributed by atoms with E-state index in [-0.39, 0.29) is 25.2 Å². The maximum absolute atomic E-state index is 11.9. The molecule has 0 aliphatic rings. The Kier molecular flexibility index (Phi) is 30.8. The van der Waals surface area contributed by atoms with Gasteiger partial charge >= 0.3 is 11.9 Å². The van der Waals surface area contributed by atoms with Crippen LogP contribution in [0.4, 0.5) is 0 Å². The van der Waals surface area contributed by atoms with Gasteiger partial charge in [-0.3, -0.25) is 9.59 Å². The van der Waals surface area contributed by atoms with E-state index in [0.717, 1.165) is 57.8 Å². The molecule has 0 saturated carbocycles. The van der Waals surface area contributed by atoms with Gasteiger partial charge in [-0.05, 0) is 70.6 Å². The van der Waals surface area contributed by atoms with Gasteiger partial charge in [-0.2, -0.15) is 0 Å². The van der Waals surface area contributed by atoms with Crippen LogP contribution in [0.25, 0.3) is 0 Å². The third-order valence-corrected chi connectivity index (χ3v) is 6.43. The van der Waals surface area contributed by atoms with Gasteiger partial charge in [0.1, 0.15) is 19.3 Å². The van der Waals surface area contributed by atoms with Crippen LogP contribution in [-0.2, 0) is 19.1 Å². The topological polar surface area (TPSA) is 72.8 Å². The summed E-state index contributed by atoms with van der Waals surface area (Å²) in [6.45, 7) is 4.06. The summed E-state index contributed by atoms with van der Waals surface area (Å²) < 4.78 is 10.2. The van der Waals surface area contributed by atoms with Crippen LogP contribution < -0.4 is 0 Å². The maximum atomic E-state index is 11.9. The first-order valence-corrected chi connectivity index (χ1v) is 16.5. The van der Waals surface area contributed by atoms with E-state index in [9.17, 15) is 14.7 Å². The maximum Gasteiger partial charge on any atom is 0.305 e. The van der Waals surface area contributed by atoms with E-state index in [4.69, 9.17) is 9.47 Å². The Labute approximate surface area is 257 Å². The lowest BCUT2D eigenvalue weighted by atomic mass is 10.1. The molecule has 1 N–H and O–H groups in total. The zero-order valence-electron chi connectivity index (χ0n) is 26.7. The third kappa shape index (κ3) is 31.9. The van der Waals surface area contributed by atoms with Gasteiger partial charge in [-0.1, -0.05) is 119 Å². The molecule has 0 radical (unpaired) electrons. The first-order chi connectivity index (χ1) is 20.6. The highest BCUT2D eigenvalue weighted by atomic mass is 16.6. The monoisotopic (exact) mass is 584 g/mol. The summed E-state index contributed by atoms with van der Waals surface area (Å²) in [5.41, 5.74) is 0. The molecule has 0 aliphatic heterocycles. The second-order valence-electron chi connectivity index (χ2n) is 10.5. The first-order valence-electron chi connectivity index (χ1n) is 16.5. The molecule has 42 heavy (non-hydrogen) atoms. The standard InChI is InChI=1S/C37H60O5/c1-3-5-7-9-11-13-15-16-17-18-19-20-22-24-26-28-30-32-37(40)42-34-35(38)33-41-36(39)31-29-27-25-23-21-14-12-10-8-6-4-2/h5,7,11,13,16-17,19-20,23-26,35,38H,3-4,6,8-10,12,14-15,18,21-22,27-34H2,1-2H3/b7-5-,13-11-,17-16-,20-19-,25-23-,26-24-/t35-/m1/s1. The van der Waals surface area contributed by atoms with Crippen molar-refractivity contribution in [3.8, 4) is 0 Å². The van der Waals surface area contributed by atoms with Gasteiger partial charge in [-0.15, -0.1) is 0 Å². The fourth-order valence-corrected chi connectivity index (χ4v) is 3.95. The molecular formula is C37H60O5. The first kappa shape index (κ1) is 39.3. The number of aliphatic hydroxyl groups excluding tert-OH is 1. The summed E-state index contributed by atoms with van der Waals surface area (Å²) in [6, 6.07) is 0. The molecule has 1 atom stereocenters. The van der Waals surface area contributed by atoms with Crippen LogP contribution in [0.3, 0.4) is 0 Å². The van der Waals surface area contributed by atoms with E-state index in [2.05, 4.69) is 86.8 Å². The molecule has 5 nitrogen and oxygen atoms in total. The van der Waals surface area contributed by atoms with E-state index in [0.29, 0.717) is 19.3 Å². The Morgan fingerprint density at radius 3 is 1.38 bits per heavy atom. The number of allylic oxidation sites excluding steroid dienone is 12. The molecule has 0 spiro atoms. The summed E-state index contributed by atoms with van der Waals surface area (Å²) in [4.78, 5) is 23.7. The predicted octanol–water partition coefficient (Wildman–Crippen LogP) is 9.83. The van der Waals surface area contributed by atoms with Crippen molar-refractivity contribution in [3.05, 3.63) is 72.9 Å². The lowest BCUT2D eigenvalue weighted by Crippen LogP contribution is -2.25. The molecule has 5 heteroatoms. The Balaban J connectivity index is 3.64. The van der Waals surface area contributed by atoms with Gasteiger partial charge in [0.25, 0.3) is 0 Å². The quantitative estimate of drug-likeness (QED) is 0.0563. The van der Waals surface area contributed by atoms with Crippen molar-refractivity contribution in [2.45, 2.75) is 136 Å². The van der Waals surface area contributed by atoms with Gasteiger partial charge < -0.3 is 14.6 Å². The average Bonchev–Trinajstić information content (AvgIpc) is 2.99. The van der Waals surface area contributed by atoms with Crippen LogP contribution in [-0.4, -0.2) is 36.4 Å². The Morgan fingerprint density at radius 1 is 0.524 bits per heavy atom. The van der Waals surface area contributed by atoms with Gasteiger partial charge in [-0.25, -0.2) is 0 Å². The molecular weight excluding hydrogens is 524 g/mol. The SMILES string of the molecule is CC/C=C\C/C=C\C/C=C\C/C=C\C/C=C\CCCC(=O)OC[C@H](O)COC(=O)CCC/C=C\CCCCCCCC. The molecule has 0 amide bonds. The molecule has 0 rings (SSSR count). The number of hydrogen-bond acceptors (Lipinski definition) is 5. The van der Waals surface area contributed by atoms with Crippen molar-refractivity contribution in [2.24, 2.45) is 0 Å². The van der Waals surface area contributed by atoms with E-state index in [1.165, 1.54) is 38.5 Å². The minimum atomic E-state index is -0.999. The minimum absolute atomic E-state index is 0.153. The number of rotatable bonds is 28. The zero-order chi connectivity index (χ0) is 30.8. The van der Waals surface area contributed by atoms with Gasteiger partial charge in [0, 0.05) is 12.8 Å². The van der Waals surface area contributed by atoms with Crippen molar-refractivity contribution >= 4 is 11.9 Å². The van der Waals surface area contributed by atoms with Crippen molar-refractivity contribution in [2.75, 3.05) is 13.2 Å². The smallest absolute Gasteiger partial charge is 0.305 e. The summed E-state index contributed by atoms with van der Waals surface area (Å²) >= 11 is 0. The van der Waals surface area contributed by atoms with E-state index in [1.54, 1.807) is 0 Å². The van der Waals surface area contributed by atoms with Crippen molar-refractivity contribution in [1.82, 2.24) is 0 Å². The van der Waals surface area contributed by atoms with Crippen molar-refractivity contribution < 1.29 is 24.2 Å². The summed E-state index contributed by atoms with van der Waals surface area (Å²) in [5.74, 6) is -0.678. The normalized spacial score (nSPS) is 13.1. The molecule has 0 aliphatic carbocycles. The van der Waals surface area contributed by atoms with Crippen LogP contribution in [0.1, 0.15) is 129 Å². The highest BCUT2D eigenvalue weighted by molar-refractivity contribution is 5.69. The van der Waals surface area contributed by atoms with E-state index < -0.39 is 6.10 Å². The predicted molar refractivity (Wildman–Crippen MR) is 177 cm³/mol. The fourth-order valence-electron chi connectivity index (χ4n) is 3.95. The van der Waals surface area contributed by atoms with Crippen LogP contribution in [0, 0.1) is 0 Å². The molecule has 0 aromatic rings. The number of hydrogen-bond donors (Lipinski definition) is 1. The summed E-state index contributed by atoms with van der Waals surface area (Å²) in [6.07, 6.45) is 42.4. The fraction of sp³-hybridized carbons (Fsp3) is 0.622.